The molecule has 0 bridgehead atoms. The zero-order valence-corrected chi connectivity index (χ0v) is 17.4. The summed E-state index contributed by atoms with van der Waals surface area (Å²) in [5, 5.41) is 9.36. The van der Waals surface area contributed by atoms with Crippen molar-refractivity contribution in [3.63, 3.8) is 0 Å². The van der Waals surface area contributed by atoms with Crippen LogP contribution in [0.2, 0.25) is 0 Å². The number of aliphatic imine (C=N–C) groups is 1. The zero-order valence-electron chi connectivity index (χ0n) is 17.4. The Bertz CT molecular complexity index is 449. The number of piperazine rings is 1. The van der Waals surface area contributed by atoms with Gasteiger partial charge in [0.05, 0.1) is 6.54 Å². The fourth-order valence-corrected chi connectivity index (χ4v) is 2.64. The van der Waals surface area contributed by atoms with Crippen LogP contribution in [0, 0.1) is 0 Å². The molecule has 1 aliphatic rings. The molecule has 0 saturated carbocycles. The van der Waals surface area contributed by atoms with Crippen LogP contribution in [0.1, 0.15) is 34.1 Å². The Morgan fingerprint density at radius 1 is 1.15 bits per heavy atom. The Labute approximate surface area is 158 Å². The molecule has 0 aliphatic carbocycles. The van der Waals surface area contributed by atoms with Gasteiger partial charge in [0, 0.05) is 45.3 Å². The van der Waals surface area contributed by atoms with Gasteiger partial charge in [-0.25, -0.2) is 4.79 Å². The maximum absolute atomic E-state index is 11.6. The molecule has 1 amide bonds. The summed E-state index contributed by atoms with van der Waals surface area (Å²) in [4.78, 5) is 21.0. The lowest BCUT2D eigenvalue weighted by atomic mass is 10.2. The molecule has 26 heavy (non-hydrogen) atoms. The summed E-state index contributed by atoms with van der Waals surface area (Å²) >= 11 is 0. The summed E-state index contributed by atoms with van der Waals surface area (Å²) in [5.41, 5.74) is -0.465. The molecule has 8 nitrogen and oxygen atoms in total. The molecule has 0 radical (unpaired) electrons. The van der Waals surface area contributed by atoms with E-state index in [2.05, 4.69) is 46.8 Å². The van der Waals surface area contributed by atoms with Crippen LogP contribution in [-0.2, 0) is 4.74 Å². The van der Waals surface area contributed by atoms with Crippen molar-refractivity contribution in [3.05, 3.63) is 0 Å². The predicted molar refractivity (Wildman–Crippen MR) is 107 cm³/mol. The molecule has 1 fully saturated rings. The van der Waals surface area contributed by atoms with Crippen molar-refractivity contribution in [2.24, 2.45) is 4.99 Å². The van der Waals surface area contributed by atoms with Crippen molar-refractivity contribution in [2.45, 2.75) is 45.8 Å². The minimum Gasteiger partial charge on any atom is -0.444 e. The van der Waals surface area contributed by atoms with Gasteiger partial charge in [-0.15, -0.1) is 0 Å². The number of likely N-dealkylation sites (N-methyl/N-ethyl adjacent to an activating group) is 2. The number of hydrogen-bond donors (Lipinski definition) is 3. The zero-order chi connectivity index (χ0) is 19.6. The number of rotatable bonds is 7. The highest BCUT2D eigenvalue weighted by molar-refractivity contribution is 5.79. The quantitative estimate of drug-likeness (QED) is 0.348. The lowest BCUT2D eigenvalue weighted by Gasteiger charge is -2.36. The highest BCUT2D eigenvalue weighted by atomic mass is 16.6. The molecular formula is C18H38N6O2. The van der Waals surface area contributed by atoms with Crippen LogP contribution in [0.4, 0.5) is 4.79 Å². The molecule has 1 unspecified atom stereocenters. The molecule has 8 heteroatoms. The lowest BCUT2D eigenvalue weighted by molar-refractivity contribution is 0.0527. The van der Waals surface area contributed by atoms with E-state index < -0.39 is 5.60 Å². The van der Waals surface area contributed by atoms with Crippen molar-refractivity contribution < 1.29 is 9.53 Å². The van der Waals surface area contributed by atoms with E-state index in [9.17, 15) is 4.79 Å². The number of guanidine groups is 1. The van der Waals surface area contributed by atoms with Crippen LogP contribution in [0.15, 0.2) is 4.99 Å². The van der Waals surface area contributed by atoms with E-state index in [-0.39, 0.29) is 6.09 Å². The van der Waals surface area contributed by atoms with Gasteiger partial charge in [0.2, 0.25) is 0 Å². The SMILES string of the molecule is CCNC(=NCC1CN(C)CCN1C)NCCCNC(=O)OC(C)(C)C. The van der Waals surface area contributed by atoms with Gasteiger partial charge in [-0.05, 0) is 48.2 Å². The van der Waals surface area contributed by atoms with Gasteiger partial charge in [0.1, 0.15) is 5.60 Å². The third-order valence-electron chi connectivity index (χ3n) is 4.10. The van der Waals surface area contributed by atoms with Gasteiger partial charge in [-0.3, -0.25) is 9.89 Å². The van der Waals surface area contributed by atoms with Crippen LogP contribution in [0.5, 0.6) is 0 Å². The maximum atomic E-state index is 11.6. The van der Waals surface area contributed by atoms with Crippen molar-refractivity contribution in [3.8, 4) is 0 Å². The van der Waals surface area contributed by atoms with Gasteiger partial charge >= 0.3 is 6.09 Å². The van der Waals surface area contributed by atoms with Gasteiger partial charge in [-0.2, -0.15) is 0 Å². The van der Waals surface area contributed by atoms with Crippen molar-refractivity contribution >= 4 is 12.1 Å². The molecule has 1 atom stereocenters. The predicted octanol–water partition coefficient (Wildman–Crippen LogP) is 0.702. The molecule has 1 heterocycles. The number of carbonyl (C=O) groups is 1. The van der Waals surface area contributed by atoms with E-state index in [1.807, 2.05) is 20.8 Å². The first-order valence-electron chi connectivity index (χ1n) is 9.59. The second kappa shape index (κ2) is 11.2. The molecule has 0 aromatic heterocycles. The lowest BCUT2D eigenvalue weighted by Crippen LogP contribution is -2.51. The van der Waals surface area contributed by atoms with Gasteiger partial charge < -0.3 is 25.6 Å². The second-order valence-corrected chi connectivity index (χ2v) is 7.83. The third-order valence-corrected chi connectivity index (χ3v) is 4.10. The molecule has 0 spiro atoms. The molecule has 1 aliphatic heterocycles. The highest BCUT2D eigenvalue weighted by Crippen LogP contribution is 2.07. The fraction of sp³-hybridized carbons (Fsp3) is 0.889. The molecule has 3 N–H and O–H groups in total. The largest absolute Gasteiger partial charge is 0.444 e. The maximum Gasteiger partial charge on any atom is 0.407 e. The molecule has 152 valence electrons. The van der Waals surface area contributed by atoms with Gasteiger partial charge in [0.15, 0.2) is 5.96 Å². The van der Waals surface area contributed by atoms with E-state index in [1.54, 1.807) is 0 Å². The van der Waals surface area contributed by atoms with Gasteiger partial charge in [0.25, 0.3) is 0 Å². The fourth-order valence-electron chi connectivity index (χ4n) is 2.64. The molecule has 1 rings (SSSR count). The summed E-state index contributed by atoms with van der Waals surface area (Å²) in [6.45, 7) is 13.8. The van der Waals surface area contributed by atoms with Crippen LogP contribution in [-0.4, -0.2) is 93.4 Å². The Morgan fingerprint density at radius 2 is 1.85 bits per heavy atom. The topological polar surface area (TPSA) is 81.2 Å². The Balaban J connectivity index is 2.30. The van der Waals surface area contributed by atoms with E-state index in [1.165, 1.54) is 0 Å². The normalized spacial score (nSPS) is 19.9. The summed E-state index contributed by atoms with van der Waals surface area (Å²) in [5.74, 6) is 0.825. The Hall–Kier alpha value is -1.54. The van der Waals surface area contributed by atoms with Crippen LogP contribution < -0.4 is 16.0 Å². The summed E-state index contributed by atoms with van der Waals surface area (Å²) in [6, 6.07) is 0.443. The van der Waals surface area contributed by atoms with E-state index in [4.69, 9.17) is 9.73 Å². The summed E-state index contributed by atoms with van der Waals surface area (Å²) in [6.07, 6.45) is 0.429. The van der Waals surface area contributed by atoms with Crippen molar-refractivity contribution in [1.29, 1.82) is 0 Å². The number of nitrogens with zero attached hydrogens (tertiary/aromatic N) is 3. The van der Waals surface area contributed by atoms with Crippen molar-refractivity contribution in [2.75, 3.05) is 59.9 Å². The second-order valence-electron chi connectivity index (χ2n) is 7.83. The summed E-state index contributed by atoms with van der Waals surface area (Å²) < 4.78 is 5.21. The molecule has 1 saturated heterocycles. The molecular weight excluding hydrogens is 332 g/mol. The van der Waals surface area contributed by atoms with E-state index in [0.29, 0.717) is 12.6 Å². The number of alkyl carbamates (subject to hydrolysis) is 1. The van der Waals surface area contributed by atoms with E-state index >= 15 is 0 Å². The Kier molecular flexibility index (Phi) is 9.72. The number of nitrogens with one attached hydrogen (secondary N) is 3. The standard InChI is InChI=1S/C18H38N6O2/c1-7-19-16(22-13-15-14-23(5)11-12-24(15)6)20-9-8-10-21-17(25)26-18(2,3)4/h15H,7-14H2,1-6H3,(H,21,25)(H2,19,20,22). The third kappa shape index (κ3) is 9.82. The molecule has 0 aromatic carbocycles. The molecule has 0 aromatic rings. The number of hydrogen-bond acceptors (Lipinski definition) is 5. The minimum atomic E-state index is -0.465. The van der Waals surface area contributed by atoms with Crippen molar-refractivity contribution in [1.82, 2.24) is 25.8 Å². The smallest absolute Gasteiger partial charge is 0.407 e. The first-order chi connectivity index (χ1) is 12.2. The number of ether oxygens (including phenoxy) is 1. The summed E-state index contributed by atoms with van der Waals surface area (Å²) in [7, 11) is 4.32. The van der Waals surface area contributed by atoms with Crippen LogP contribution in [0.3, 0.4) is 0 Å². The first kappa shape index (κ1) is 22.5. The first-order valence-corrected chi connectivity index (χ1v) is 9.59. The Morgan fingerprint density at radius 3 is 2.50 bits per heavy atom. The van der Waals surface area contributed by atoms with Gasteiger partial charge in [-0.1, -0.05) is 0 Å². The average Bonchev–Trinajstić information content (AvgIpc) is 2.53. The minimum absolute atomic E-state index is 0.373. The monoisotopic (exact) mass is 370 g/mol. The average molecular weight is 371 g/mol. The van der Waals surface area contributed by atoms with E-state index in [0.717, 1.165) is 51.6 Å². The van der Waals surface area contributed by atoms with Crippen LogP contribution in [0.25, 0.3) is 0 Å². The highest BCUT2D eigenvalue weighted by Gasteiger charge is 2.21. The van der Waals surface area contributed by atoms with Crippen LogP contribution >= 0.6 is 0 Å². The number of amides is 1. The number of carbonyl (C=O) groups excluding carboxylic acids is 1.